The number of aliphatic hydroxyl groups excluding tert-OH is 1. The summed E-state index contributed by atoms with van der Waals surface area (Å²) < 4.78 is 68.7. The van der Waals surface area contributed by atoms with Gasteiger partial charge in [0.1, 0.15) is 19.3 Å². The molecule has 0 saturated carbocycles. The zero-order chi connectivity index (χ0) is 72.3. The van der Waals surface area contributed by atoms with Gasteiger partial charge in [-0.15, -0.1) is 0 Å². The molecule has 98 heavy (non-hydrogen) atoms. The second-order valence-corrected chi connectivity index (χ2v) is 32.8. The summed E-state index contributed by atoms with van der Waals surface area (Å²) in [4.78, 5) is 73.0. The molecular weight excluding hydrogens is 1280 g/mol. The van der Waals surface area contributed by atoms with Crippen molar-refractivity contribution in [2.24, 2.45) is 17.8 Å². The average Bonchev–Trinajstić information content (AvgIpc) is 1.23. The molecule has 3 N–H and O–H groups in total. The predicted octanol–water partition coefficient (Wildman–Crippen LogP) is 23.4. The summed E-state index contributed by atoms with van der Waals surface area (Å²) in [7, 11) is -9.92. The molecule has 0 rings (SSSR count). The van der Waals surface area contributed by atoms with Crippen LogP contribution in [0.5, 0.6) is 0 Å². The van der Waals surface area contributed by atoms with Crippen LogP contribution in [0.4, 0.5) is 0 Å². The van der Waals surface area contributed by atoms with Crippen molar-refractivity contribution in [3.05, 3.63) is 0 Å². The lowest BCUT2D eigenvalue weighted by molar-refractivity contribution is -0.161. The van der Waals surface area contributed by atoms with Gasteiger partial charge in [0.25, 0.3) is 0 Å². The number of aliphatic hydroxyl groups is 1. The van der Waals surface area contributed by atoms with E-state index < -0.39 is 97.5 Å². The molecule has 0 radical (unpaired) electrons. The monoisotopic (exact) mass is 1440 g/mol. The first-order valence-electron chi connectivity index (χ1n) is 40.8. The molecule has 0 aliphatic heterocycles. The molecule has 2 unspecified atom stereocenters. The van der Waals surface area contributed by atoms with Crippen LogP contribution in [-0.2, 0) is 65.4 Å². The highest BCUT2D eigenvalue weighted by Gasteiger charge is 2.30. The van der Waals surface area contributed by atoms with Gasteiger partial charge >= 0.3 is 39.5 Å². The number of carbonyl (C=O) groups excluding carboxylic acids is 4. The Kier molecular flexibility index (Phi) is 68.1. The number of phosphoric ester groups is 2. The van der Waals surface area contributed by atoms with E-state index in [-0.39, 0.29) is 25.7 Å². The summed E-state index contributed by atoms with van der Waals surface area (Å²) in [6.07, 6.45) is 56.8. The number of phosphoric acid groups is 2. The van der Waals surface area contributed by atoms with Gasteiger partial charge in [-0.2, -0.15) is 0 Å². The van der Waals surface area contributed by atoms with Crippen LogP contribution in [0.2, 0.25) is 0 Å². The Morgan fingerprint density at radius 1 is 0.276 bits per heavy atom. The minimum Gasteiger partial charge on any atom is -0.462 e. The highest BCUT2D eigenvalue weighted by Crippen LogP contribution is 2.45. The molecule has 0 aromatic rings. The molecule has 0 amide bonds. The Morgan fingerprint density at radius 2 is 0.469 bits per heavy atom. The molecule has 582 valence electrons. The average molecular weight is 1440 g/mol. The molecule has 0 saturated heterocycles. The minimum absolute atomic E-state index is 0.107. The smallest absolute Gasteiger partial charge is 0.462 e. The maximum absolute atomic E-state index is 13.1. The summed E-state index contributed by atoms with van der Waals surface area (Å²) in [5.74, 6) is 0.212. The van der Waals surface area contributed by atoms with Gasteiger partial charge in [-0.25, -0.2) is 9.13 Å². The molecule has 17 nitrogen and oxygen atoms in total. The zero-order valence-electron chi connectivity index (χ0n) is 64.3. The largest absolute Gasteiger partial charge is 0.472 e. The topological polar surface area (TPSA) is 237 Å². The molecule has 0 bridgehead atoms. The van der Waals surface area contributed by atoms with E-state index in [2.05, 4.69) is 48.5 Å². The fourth-order valence-electron chi connectivity index (χ4n) is 12.1. The van der Waals surface area contributed by atoms with Crippen molar-refractivity contribution in [1.29, 1.82) is 0 Å². The van der Waals surface area contributed by atoms with Crippen LogP contribution in [0, 0.1) is 17.8 Å². The standard InChI is InChI=1S/C79H154O17P2/c1-8-9-10-11-12-13-14-19-25-33-41-48-55-62-78(83)96-75(67-90-77(82)61-54-47-40-35-28-31-38-45-52-59-72(6)7)69-94-98(87,88)92-65-73(80)64-91-97(85,86)93-68-74(66-89-76(81)60-53-46-39-32-27-22-24-30-37-44-51-58-71(4)5)95-79(84)63-56-49-42-34-26-21-18-16-15-17-20-23-29-36-43-50-57-70(2)3/h70-75,80H,8-69H2,1-7H3,(H,85,86)(H,87,88)/t73-,74-,75-/m1/s1. The predicted molar refractivity (Wildman–Crippen MR) is 400 cm³/mol. The zero-order valence-corrected chi connectivity index (χ0v) is 66.0. The van der Waals surface area contributed by atoms with Crippen LogP contribution in [0.3, 0.4) is 0 Å². The van der Waals surface area contributed by atoms with Crippen molar-refractivity contribution >= 4 is 39.5 Å². The lowest BCUT2D eigenvalue weighted by Crippen LogP contribution is -2.30. The van der Waals surface area contributed by atoms with Gasteiger partial charge in [0.05, 0.1) is 26.4 Å². The summed E-state index contributed by atoms with van der Waals surface area (Å²) >= 11 is 0. The van der Waals surface area contributed by atoms with Gasteiger partial charge in [0.2, 0.25) is 0 Å². The second-order valence-electron chi connectivity index (χ2n) is 29.9. The van der Waals surface area contributed by atoms with Gasteiger partial charge in [-0.3, -0.25) is 37.3 Å². The van der Waals surface area contributed by atoms with Crippen LogP contribution < -0.4 is 0 Å². The first kappa shape index (κ1) is 96.1. The Labute approximate surface area is 600 Å². The Bertz CT molecular complexity index is 1900. The maximum atomic E-state index is 13.1. The maximum Gasteiger partial charge on any atom is 0.472 e. The number of rotatable bonds is 77. The van der Waals surface area contributed by atoms with E-state index in [0.717, 1.165) is 108 Å². The Balaban J connectivity index is 5.25. The van der Waals surface area contributed by atoms with Crippen molar-refractivity contribution in [3.8, 4) is 0 Å². The molecule has 5 atom stereocenters. The quantitative estimate of drug-likeness (QED) is 0.0222. The van der Waals surface area contributed by atoms with E-state index >= 15 is 0 Å². The third kappa shape index (κ3) is 72.4. The molecule has 0 spiro atoms. The summed E-state index contributed by atoms with van der Waals surface area (Å²) in [5, 5.41) is 10.6. The van der Waals surface area contributed by atoms with Crippen LogP contribution in [0.25, 0.3) is 0 Å². The van der Waals surface area contributed by atoms with Crippen LogP contribution in [0.1, 0.15) is 408 Å². The van der Waals surface area contributed by atoms with E-state index in [1.165, 1.54) is 218 Å². The molecular formula is C79H154O17P2. The van der Waals surface area contributed by atoms with Crippen molar-refractivity contribution < 1.29 is 80.2 Å². The first-order chi connectivity index (χ1) is 47.2. The number of hydrogen-bond donors (Lipinski definition) is 3. The highest BCUT2D eigenvalue weighted by molar-refractivity contribution is 7.47. The normalized spacial score (nSPS) is 14.0. The summed E-state index contributed by atoms with van der Waals surface area (Å²) in [6, 6.07) is 0. The summed E-state index contributed by atoms with van der Waals surface area (Å²) in [5.41, 5.74) is 0. The molecule has 0 aliphatic carbocycles. The van der Waals surface area contributed by atoms with Crippen LogP contribution >= 0.6 is 15.6 Å². The SMILES string of the molecule is CCCCCCCCCCCCCCCC(=O)O[C@H](COC(=O)CCCCCCCCCCCC(C)C)COP(=O)(O)OC[C@H](O)COP(=O)(O)OC[C@@H](COC(=O)CCCCCCCCCCCCCC(C)C)OC(=O)CCCCCCCCCCCCCCCCCCC(C)C. The van der Waals surface area contributed by atoms with Crippen molar-refractivity contribution in [2.75, 3.05) is 39.6 Å². The van der Waals surface area contributed by atoms with Crippen LogP contribution in [-0.4, -0.2) is 96.7 Å². The van der Waals surface area contributed by atoms with E-state index in [1.54, 1.807) is 0 Å². The fourth-order valence-corrected chi connectivity index (χ4v) is 13.7. The lowest BCUT2D eigenvalue weighted by Gasteiger charge is -2.21. The lowest BCUT2D eigenvalue weighted by atomic mass is 10.0. The number of carbonyl (C=O) groups is 4. The van der Waals surface area contributed by atoms with Crippen molar-refractivity contribution in [1.82, 2.24) is 0 Å². The Hall–Kier alpha value is -1.94. The van der Waals surface area contributed by atoms with E-state index in [9.17, 15) is 43.2 Å². The Morgan fingerprint density at radius 3 is 0.694 bits per heavy atom. The third-order valence-corrected chi connectivity index (χ3v) is 20.3. The van der Waals surface area contributed by atoms with Gasteiger partial charge in [0.15, 0.2) is 12.2 Å². The number of unbranched alkanes of at least 4 members (excludes halogenated alkanes) is 45. The van der Waals surface area contributed by atoms with Gasteiger partial charge in [0, 0.05) is 25.7 Å². The molecule has 0 aromatic carbocycles. The summed E-state index contributed by atoms with van der Waals surface area (Å²) in [6.45, 7) is 11.9. The van der Waals surface area contributed by atoms with Gasteiger partial charge in [-0.05, 0) is 43.4 Å². The first-order valence-corrected chi connectivity index (χ1v) is 43.8. The van der Waals surface area contributed by atoms with Crippen molar-refractivity contribution in [3.63, 3.8) is 0 Å². The molecule has 0 aliphatic rings. The fraction of sp³-hybridized carbons (Fsp3) is 0.949. The highest BCUT2D eigenvalue weighted by atomic mass is 31.2. The van der Waals surface area contributed by atoms with E-state index in [0.29, 0.717) is 25.7 Å². The number of esters is 4. The van der Waals surface area contributed by atoms with Gasteiger partial charge < -0.3 is 33.8 Å². The number of hydrogen-bond acceptors (Lipinski definition) is 15. The van der Waals surface area contributed by atoms with Gasteiger partial charge in [-0.1, -0.05) is 357 Å². The van der Waals surface area contributed by atoms with Crippen LogP contribution in [0.15, 0.2) is 0 Å². The van der Waals surface area contributed by atoms with E-state index in [4.69, 9.17) is 37.0 Å². The van der Waals surface area contributed by atoms with Crippen molar-refractivity contribution in [2.45, 2.75) is 426 Å². The van der Waals surface area contributed by atoms with E-state index in [1.807, 2.05) is 0 Å². The molecule has 0 heterocycles. The minimum atomic E-state index is -4.96. The molecule has 0 aromatic heterocycles. The second kappa shape index (κ2) is 69.4. The molecule has 0 fully saturated rings. The number of ether oxygens (including phenoxy) is 4. The molecule has 19 heteroatoms. The third-order valence-electron chi connectivity index (χ3n) is 18.4.